The molecule has 0 spiro atoms. The Hall–Kier alpha value is -2.39. The van der Waals surface area contributed by atoms with Crippen molar-refractivity contribution in [2.45, 2.75) is 52.3 Å². The second kappa shape index (κ2) is 13.8. The van der Waals surface area contributed by atoms with Crippen LogP contribution in [-0.2, 0) is 29.1 Å². The summed E-state index contributed by atoms with van der Waals surface area (Å²) in [4.78, 5) is 23.6. The van der Waals surface area contributed by atoms with Gasteiger partial charge >= 0.3 is 5.97 Å². The van der Waals surface area contributed by atoms with Crippen molar-refractivity contribution < 1.29 is 14.3 Å². The van der Waals surface area contributed by atoms with E-state index in [1.807, 2.05) is 41.2 Å². The van der Waals surface area contributed by atoms with Gasteiger partial charge in [-0.1, -0.05) is 61.2 Å². The number of hydrogen-bond donors (Lipinski definition) is 2. The fraction of sp³-hybridized carbons (Fsp3) is 0.524. The third-order valence-corrected chi connectivity index (χ3v) is 4.95. The highest BCUT2D eigenvalue weighted by molar-refractivity contribution is 8.13. The fourth-order valence-corrected chi connectivity index (χ4v) is 3.23. The smallest absolute Gasteiger partial charge is 0.306 e. The van der Waals surface area contributed by atoms with Gasteiger partial charge in [0.15, 0.2) is 0 Å². The van der Waals surface area contributed by atoms with Crippen LogP contribution in [0.5, 0.6) is 0 Å². The normalized spacial score (nSPS) is 10.9. The van der Waals surface area contributed by atoms with Crippen LogP contribution in [0.15, 0.2) is 36.5 Å². The van der Waals surface area contributed by atoms with Crippen LogP contribution in [0.3, 0.4) is 0 Å². The summed E-state index contributed by atoms with van der Waals surface area (Å²) in [5.41, 5.74) is 1.79. The van der Waals surface area contributed by atoms with Gasteiger partial charge in [-0.15, -0.1) is 5.10 Å². The molecule has 0 unspecified atom stereocenters. The van der Waals surface area contributed by atoms with Crippen LogP contribution < -0.4 is 10.6 Å². The van der Waals surface area contributed by atoms with Gasteiger partial charge in [0.05, 0.1) is 12.1 Å². The van der Waals surface area contributed by atoms with Gasteiger partial charge in [0.2, 0.25) is 0 Å². The van der Waals surface area contributed by atoms with Crippen molar-refractivity contribution in [3.05, 3.63) is 47.8 Å². The molecule has 1 aromatic carbocycles. The van der Waals surface area contributed by atoms with E-state index in [-0.39, 0.29) is 24.2 Å². The van der Waals surface area contributed by atoms with E-state index in [4.69, 9.17) is 4.74 Å². The average Bonchev–Trinajstić information content (AvgIpc) is 3.18. The first-order valence-corrected chi connectivity index (χ1v) is 11.2. The molecule has 0 bridgehead atoms. The number of rotatable bonds is 13. The molecule has 0 saturated carbocycles. The van der Waals surface area contributed by atoms with E-state index in [0.717, 1.165) is 42.5 Å². The Morgan fingerprint density at radius 2 is 2.00 bits per heavy atom. The second-order valence-electron chi connectivity index (χ2n) is 7.14. The molecule has 0 aliphatic heterocycles. The van der Waals surface area contributed by atoms with Crippen LogP contribution >= 0.6 is 11.8 Å². The standard InChI is InChI=1S/C21H31N5O3S/c1-17(2)22-11-6-13-26-15-19(24-25-26)9-12-23-21(28)30-14-10-20(27)29-16-18-7-4-3-5-8-18/h3-5,7-8,15,17,22H,6,9-14,16H2,1-2H3,(H,23,28). The summed E-state index contributed by atoms with van der Waals surface area (Å²) in [6.07, 6.45) is 3.72. The summed E-state index contributed by atoms with van der Waals surface area (Å²) in [7, 11) is 0. The summed E-state index contributed by atoms with van der Waals surface area (Å²) >= 11 is 1.08. The molecule has 30 heavy (non-hydrogen) atoms. The van der Waals surface area contributed by atoms with Gasteiger partial charge < -0.3 is 15.4 Å². The van der Waals surface area contributed by atoms with Crippen LogP contribution in [-0.4, -0.2) is 51.1 Å². The second-order valence-corrected chi connectivity index (χ2v) is 8.21. The van der Waals surface area contributed by atoms with Gasteiger partial charge in [0, 0.05) is 37.5 Å². The van der Waals surface area contributed by atoms with Gasteiger partial charge in [-0.05, 0) is 18.5 Å². The van der Waals surface area contributed by atoms with Crippen molar-refractivity contribution in [2.75, 3.05) is 18.8 Å². The summed E-state index contributed by atoms with van der Waals surface area (Å²) in [5, 5.41) is 14.3. The Labute approximate surface area is 182 Å². The number of nitrogens with zero attached hydrogens (tertiary/aromatic N) is 3. The number of carbonyl (C=O) groups excluding carboxylic acids is 2. The maximum Gasteiger partial charge on any atom is 0.306 e. The van der Waals surface area contributed by atoms with Crippen molar-refractivity contribution in [3.8, 4) is 0 Å². The lowest BCUT2D eigenvalue weighted by Gasteiger charge is -2.07. The molecule has 1 aromatic heterocycles. The number of ether oxygens (including phenoxy) is 1. The van der Waals surface area contributed by atoms with E-state index >= 15 is 0 Å². The molecule has 2 rings (SSSR count). The van der Waals surface area contributed by atoms with Crippen molar-refractivity contribution in [1.82, 2.24) is 25.6 Å². The molecule has 0 aliphatic rings. The van der Waals surface area contributed by atoms with Crippen LogP contribution in [0, 0.1) is 0 Å². The van der Waals surface area contributed by atoms with E-state index < -0.39 is 0 Å². The molecule has 9 heteroatoms. The minimum absolute atomic E-state index is 0.155. The molecular weight excluding hydrogens is 402 g/mol. The molecule has 1 amide bonds. The molecular formula is C21H31N5O3S. The fourth-order valence-electron chi connectivity index (χ4n) is 2.58. The molecule has 0 atom stereocenters. The Morgan fingerprint density at radius 3 is 2.77 bits per heavy atom. The van der Waals surface area contributed by atoms with Crippen molar-refractivity contribution in [1.29, 1.82) is 0 Å². The maximum absolute atomic E-state index is 11.9. The Morgan fingerprint density at radius 1 is 1.20 bits per heavy atom. The van der Waals surface area contributed by atoms with Crippen LogP contribution in [0.4, 0.5) is 4.79 Å². The lowest BCUT2D eigenvalue weighted by molar-refractivity contribution is -0.144. The van der Waals surface area contributed by atoms with Gasteiger partial charge in [-0.2, -0.15) is 0 Å². The maximum atomic E-state index is 11.9. The molecule has 1 heterocycles. The highest BCUT2D eigenvalue weighted by Crippen LogP contribution is 2.07. The summed E-state index contributed by atoms with van der Waals surface area (Å²) < 4.78 is 7.02. The number of aryl methyl sites for hydroxylation is 1. The van der Waals surface area contributed by atoms with Crippen LogP contribution in [0.2, 0.25) is 0 Å². The third kappa shape index (κ3) is 10.4. The van der Waals surface area contributed by atoms with Crippen molar-refractivity contribution in [3.63, 3.8) is 0 Å². The Bertz CT molecular complexity index is 767. The summed E-state index contributed by atoms with van der Waals surface area (Å²) in [6, 6.07) is 9.99. The quantitative estimate of drug-likeness (QED) is 0.370. The van der Waals surface area contributed by atoms with Crippen LogP contribution in [0.25, 0.3) is 0 Å². The number of esters is 1. The van der Waals surface area contributed by atoms with Gasteiger partial charge in [0.25, 0.3) is 5.24 Å². The largest absolute Gasteiger partial charge is 0.461 e. The SMILES string of the molecule is CC(C)NCCCn1cc(CCNC(=O)SCCC(=O)OCc2ccccc2)nn1. The first kappa shape index (κ1) is 23.9. The highest BCUT2D eigenvalue weighted by Gasteiger charge is 2.08. The number of aromatic nitrogens is 3. The highest BCUT2D eigenvalue weighted by atomic mass is 32.2. The molecule has 0 fully saturated rings. The molecule has 2 aromatic rings. The average molecular weight is 434 g/mol. The lowest BCUT2D eigenvalue weighted by atomic mass is 10.2. The molecule has 8 nitrogen and oxygen atoms in total. The van der Waals surface area contributed by atoms with Gasteiger partial charge in [-0.25, -0.2) is 0 Å². The summed E-state index contributed by atoms with van der Waals surface area (Å²) in [5.74, 6) is 0.0828. The molecule has 0 saturated heterocycles. The zero-order valence-corrected chi connectivity index (χ0v) is 18.5. The number of amides is 1. The Balaban J connectivity index is 1.51. The molecule has 0 radical (unpaired) electrons. The minimum Gasteiger partial charge on any atom is -0.461 e. The first-order chi connectivity index (χ1) is 14.5. The number of nitrogens with one attached hydrogen (secondary N) is 2. The zero-order chi connectivity index (χ0) is 21.6. The van der Waals surface area contributed by atoms with E-state index in [0.29, 0.717) is 24.8 Å². The predicted octanol–water partition coefficient (Wildman–Crippen LogP) is 2.79. The van der Waals surface area contributed by atoms with Gasteiger partial charge in [0.1, 0.15) is 6.61 Å². The first-order valence-electron chi connectivity index (χ1n) is 10.3. The monoisotopic (exact) mass is 433 g/mol. The van der Waals surface area contributed by atoms with Crippen molar-refractivity contribution in [2.24, 2.45) is 0 Å². The zero-order valence-electron chi connectivity index (χ0n) is 17.7. The Kier molecular flexibility index (Phi) is 11.0. The lowest BCUT2D eigenvalue weighted by Crippen LogP contribution is -2.24. The van der Waals surface area contributed by atoms with Crippen molar-refractivity contribution >= 4 is 23.0 Å². The minimum atomic E-state index is -0.306. The van der Waals surface area contributed by atoms with E-state index in [9.17, 15) is 9.59 Å². The van der Waals surface area contributed by atoms with Crippen LogP contribution in [0.1, 0.15) is 37.9 Å². The number of benzene rings is 1. The van der Waals surface area contributed by atoms with Gasteiger partial charge in [-0.3, -0.25) is 14.3 Å². The topological polar surface area (TPSA) is 98.1 Å². The predicted molar refractivity (Wildman–Crippen MR) is 118 cm³/mol. The molecule has 0 aliphatic carbocycles. The molecule has 2 N–H and O–H groups in total. The molecule has 164 valence electrons. The number of thioether (sulfide) groups is 1. The third-order valence-electron chi connectivity index (χ3n) is 4.14. The van der Waals surface area contributed by atoms with E-state index in [1.54, 1.807) is 0 Å². The van der Waals surface area contributed by atoms with E-state index in [2.05, 4.69) is 34.8 Å². The number of hydrogen-bond acceptors (Lipinski definition) is 7. The summed E-state index contributed by atoms with van der Waals surface area (Å²) in [6.45, 7) is 6.74. The number of carbonyl (C=O) groups is 2. The van der Waals surface area contributed by atoms with E-state index in [1.165, 1.54) is 0 Å².